The van der Waals surface area contributed by atoms with Crippen LogP contribution >= 0.6 is 23.2 Å². The van der Waals surface area contributed by atoms with Crippen LogP contribution in [0, 0.1) is 10.1 Å². The zero-order chi connectivity index (χ0) is 23.0. The first-order valence-corrected chi connectivity index (χ1v) is 9.81. The quantitative estimate of drug-likeness (QED) is 0.263. The molecule has 2 aromatic carbocycles. The van der Waals surface area contributed by atoms with Crippen LogP contribution in [0.25, 0.3) is 11.8 Å². The number of urea groups is 1. The third-order valence-corrected chi connectivity index (χ3v) is 5.49. The van der Waals surface area contributed by atoms with Gasteiger partial charge >= 0.3 is 6.03 Å². The number of nitrogens with zero attached hydrogens (tertiary/aromatic N) is 3. The highest BCUT2D eigenvalue weighted by Crippen LogP contribution is 2.34. The second kappa shape index (κ2) is 8.29. The Balaban J connectivity index is 1.74. The molecule has 4 rings (SSSR count). The fourth-order valence-electron chi connectivity index (χ4n) is 3.17. The summed E-state index contributed by atoms with van der Waals surface area (Å²) in [6.45, 7) is 0. The van der Waals surface area contributed by atoms with Crippen molar-refractivity contribution in [2.24, 2.45) is 0 Å². The fraction of sp³-hybridized carbons (Fsp3) is 0. The highest BCUT2D eigenvalue weighted by molar-refractivity contribution is 6.46. The molecule has 1 N–H and O–H groups in total. The minimum absolute atomic E-state index is 0.0133. The molecule has 9 nitrogen and oxygen atoms in total. The molecule has 4 amide bonds. The number of non-ortho nitro benzene ring substituents is 1. The Bertz CT molecular complexity index is 1310. The van der Waals surface area contributed by atoms with Crippen molar-refractivity contribution in [1.82, 2.24) is 9.88 Å². The predicted molar refractivity (Wildman–Crippen MR) is 118 cm³/mol. The van der Waals surface area contributed by atoms with E-state index in [1.807, 2.05) is 0 Å². The lowest BCUT2D eigenvalue weighted by Crippen LogP contribution is -2.54. The van der Waals surface area contributed by atoms with E-state index in [2.05, 4.69) is 5.32 Å². The summed E-state index contributed by atoms with van der Waals surface area (Å²) in [5.74, 6) is -1.75. The standard InChI is InChI=1S/C21H12Cl2N4O5/c22-16-4-1-5-17(18(16)23)26-20(29)15(19(28)24-21(26)30)11-14-3-2-10-25(14)12-6-8-13(9-7-12)27(31)32/h1-11H,(H,24,28,30)/b15-11+. The number of imide groups is 2. The van der Waals surface area contributed by atoms with E-state index in [9.17, 15) is 24.5 Å². The van der Waals surface area contributed by atoms with Gasteiger partial charge in [-0.15, -0.1) is 0 Å². The predicted octanol–water partition coefficient (Wildman–Crippen LogP) is 4.36. The second-order valence-electron chi connectivity index (χ2n) is 6.61. The van der Waals surface area contributed by atoms with Crippen LogP contribution in [0.3, 0.4) is 0 Å². The van der Waals surface area contributed by atoms with Crippen molar-refractivity contribution in [2.45, 2.75) is 0 Å². The summed E-state index contributed by atoms with van der Waals surface area (Å²) in [6, 6.07) is 12.6. The van der Waals surface area contributed by atoms with Crippen molar-refractivity contribution >= 4 is 58.5 Å². The molecule has 0 aliphatic carbocycles. The monoisotopic (exact) mass is 470 g/mol. The van der Waals surface area contributed by atoms with Gasteiger partial charge in [-0.3, -0.25) is 25.0 Å². The zero-order valence-electron chi connectivity index (χ0n) is 16.0. The number of aromatic nitrogens is 1. The SMILES string of the molecule is O=C1NC(=O)N(c2cccc(Cl)c2Cl)C(=O)/C1=C/c1cccn1-c1ccc([N+](=O)[O-])cc1. The Labute approximate surface area is 190 Å². The highest BCUT2D eigenvalue weighted by atomic mass is 35.5. The maximum atomic E-state index is 13.1. The molecule has 32 heavy (non-hydrogen) atoms. The van der Waals surface area contributed by atoms with E-state index in [1.54, 1.807) is 22.9 Å². The van der Waals surface area contributed by atoms with E-state index in [1.165, 1.54) is 48.5 Å². The van der Waals surface area contributed by atoms with Gasteiger partial charge in [0, 0.05) is 29.7 Å². The number of rotatable bonds is 4. The summed E-state index contributed by atoms with van der Waals surface area (Å²) in [6.07, 6.45) is 2.98. The number of barbiturate groups is 1. The number of amides is 4. The topological polar surface area (TPSA) is 115 Å². The first-order chi connectivity index (χ1) is 15.3. The first-order valence-electron chi connectivity index (χ1n) is 9.05. The lowest BCUT2D eigenvalue weighted by molar-refractivity contribution is -0.384. The van der Waals surface area contributed by atoms with Gasteiger partial charge in [0.2, 0.25) is 0 Å². The van der Waals surface area contributed by atoms with Crippen molar-refractivity contribution in [1.29, 1.82) is 0 Å². The number of benzene rings is 2. The Hall–Kier alpha value is -3.95. The smallest absolute Gasteiger partial charge is 0.317 e. The van der Waals surface area contributed by atoms with Gasteiger partial charge in [-0.25, -0.2) is 9.69 Å². The van der Waals surface area contributed by atoms with Crippen molar-refractivity contribution in [3.8, 4) is 5.69 Å². The van der Waals surface area contributed by atoms with Crippen molar-refractivity contribution in [3.63, 3.8) is 0 Å². The molecule has 11 heteroatoms. The summed E-state index contributed by atoms with van der Waals surface area (Å²) < 4.78 is 1.63. The lowest BCUT2D eigenvalue weighted by atomic mass is 10.1. The van der Waals surface area contributed by atoms with Crippen LogP contribution in [0.2, 0.25) is 10.0 Å². The molecule has 1 saturated heterocycles. The molecule has 0 radical (unpaired) electrons. The summed E-state index contributed by atoms with van der Waals surface area (Å²) >= 11 is 12.2. The van der Waals surface area contributed by atoms with Crippen LogP contribution in [0.4, 0.5) is 16.2 Å². The number of carbonyl (C=O) groups excluding carboxylic acids is 3. The average Bonchev–Trinajstić information content (AvgIpc) is 3.22. The van der Waals surface area contributed by atoms with Gasteiger partial charge in [-0.1, -0.05) is 29.3 Å². The molecule has 160 valence electrons. The normalized spacial score (nSPS) is 15.2. The zero-order valence-corrected chi connectivity index (χ0v) is 17.5. The average molecular weight is 471 g/mol. The molecular weight excluding hydrogens is 459 g/mol. The molecule has 0 atom stereocenters. The van der Waals surface area contributed by atoms with Crippen LogP contribution in [-0.2, 0) is 9.59 Å². The first kappa shape index (κ1) is 21.3. The summed E-state index contributed by atoms with van der Waals surface area (Å²) in [4.78, 5) is 49.0. The van der Waals surface area contributed by atoms with Crippen LogP contribution in [0.1, 0.15) is 5.69 Å². The number of anilines is 1. The Morgan fingerprint density at radius 2 is 1.69 bits per heavy atom. The Morgan fingerprint density at radius 3 is 2.38 bits per heavy atom. The van der Waals surface area contributed by atoms with E-state index in [4.69, 9.17) is 23.2 Å². The number of hydrogen-bond acceptors (Lipinski definition) is 5. The van der Waals surface area contributed by atoms with E-state index in [0.29, 0.717) is 11.4 Å². The van der Waals surface area contributed by atoms with Gasteiger partial charge in [0.15, 0.2) is 0 Å². The summed E-state index contributed by atoms with van der Waals surface area (Å²) in [5, 5.41) is 13.1. The molecule has 3 aromatic rings. The van der Waals surface area contributed by atoms with E-state index < -0.39 is 22.8 Å². The third kappa shape index (κ3) is 3.75. The molecule has 0 saturated carbocycles. The molecule has 1 aromatic heterocycles. The minimum atomic E-state index is -0.952. The summed E-state index contributed by atoms with van der Waals surface area (Å²) in [5.41, 5.74) is 0.661. The van der Waals surface area contributed by atoms with Gasteiger partial charge < -0.3 is 4.57 Å². The molecule has 1 aliphatic heterocycles. The molecule has 1 aliphatic rings. The van der Waals surface area contributed by atoms with Crippen molar-refractivity contribution in [3.05, 3.63) is 92.2 Å². The van der Waals surface area contributed by atoms with Gasteiger partial charge in [0.25, 0.3) is 17.5 Å². The van der Waals surface area contributed by atoms with Gasteiger partial charge in [0.05, 0.1) is 20.7 Å². The number of nitrogens with one attached hydrogen (secondary N) is 1. The second-order valence-corrected chi connectivity index (χ2v) is 7.39. The minimum Gasteiger partial charge on any atom is -0.317 e. The van der Waals surface area contributed by atoms with Crippen LogP contribution < -0.4 is 10.2 Å². The van der Waals surface area contributed by atoms with Gasteiger partial charge in [-0.05, 0) is 42.5 Å². The molecule has 0 unspecified atom stereocenters. The van der Waals surface area contributed by atoms with E-state index in [-0.39, 0.29) is 27.0 Å². The van der Waals surface area contributed by atoms with Crippen LogP contribution in [0.5, 0.6) is 0 Å². The van der Waals surface area contributed by atoms with Gasteiger partial charge in [0.1, 0.15) is 5.57 Å². The number of halogens is 2. The highest BCUT2D eigenvalue weighted by Gasteiger charge is 2.38. The fourth-order valence-corrected chi connectivity index (χ4v) is 3.55. The number of carbonyl (C=O) groups is 3. The van der Waals surface area contributed by atoms with E-state index in [0.717, 1.165) is 4.90 Å². The third-order valence-electron chi connectivity index (χ3n) is 4.69. The summed E-state index contributed by atoms with van der Waals surface area (Å²) in [7, 11) is 0. The maximum Gasteiger partial charge on any atom is 0.336 e. The Morgan fingerprint density at radius 1 is 0.969 bits per heavy atom. The number of nitro groups is 1. The van der Waals surface area contributed by atoms with Gasteiger partial charge in [-0.2, -0.15) is 0 Å². The van der Waals surface area contributed by atoms with E-state index >= 15 is 0 Å². The maximum absolute atomic E-state index is 13.1. The largest absolute Gasteiger partial charge is 0.336 e. The van der Waals surface area contributed by atoms with Crippen LogP contribution in [0.15, 0.2) is 66.4 Å². The lowest BCUT2D eigenvalue weighted by Gasteiger charge is -2.27. The number of hydrogen-bond donors (Lipinski definition) is 1. The van der Waals surface area contributed by atoms with Crippen molar-refractivity contribution in [2.75, 3.05) is 4.90 Å². The van der Waals surface area contributed by atoms with Crippen molar-refractivity contribution < 1.29 is 19.3 Å². The molecule has 0 spiro atoms. The Kier molecular flexibility index (Phi) is 5.52. The molecule has 0 bridgehead atoms. The molecule has 2 heterocycles. The van der Waals surface area contributed by atoms with Crippen LogP contribution in [-0.4, -0.2) is 27.3 Å². The number of nitro benzene ring substituents is 1. The molecule has 1 fully saturated rings. The molecular formula is C21H12Cl2N4O5.